The van der Waals surface area contributed by atoms with E-state index < -0.39 is 6.36 Å². The molecule has 0 N–H and O–H groups in total. The Kier molecular flexibility index (Phi) is 17.9. The van der Waals surface area contributed by atoms with Crippen LogP contribution in [0.5, 0.6) is 40.2 Å². The number of likely N-dealkylation sites (tertiary alicyclic amines) is 1. The second-order valence-electron chi connectivity index (χ2n) is 13.2. The van der Waals surface area contributed by atoms with Crippen molar-refractivity contribution in [3.63, 3.8) is 0 Å². The molecule has 1 aliphatic rings. The van der Waals surface area contributed by atoms with Crippen molar-refractivity contribution in [2.45, 2.75) is 38.3 Å². The lowest BCUT2D eigenvalue weighted by Crippen LogP contribution is -2.44. The number of alkyl halides is 3. The molecule has 3 aromatic carbocycles. The zero-order valence-electron chi connectivity index (χ0n) is 33.4. The maximum absolute atomic E-state index is 13.0. The van der Waals surface area contributed by atoms with Gasteiger partial charge >= 0.3 is 6.36 Å². The van der Waals surface area contributed by atoms with Crippen molar-refractivity contribution >= 4 is 42.9 Å². The monoisotopic (exact) mass is 882 g/mol. The number of halogens is 6. The first-order valence-electron chi connectivity index (χ1n) is 17.9. The van der Waals surface area contributed by atoms with Gasteiger partial charge in [-0.25, -0.2) is 0 Å². The fourth-order valence-corrected chi connectivity index (χ4v) is 7.07. The van der Waals surface area contributed by atoms with Gasteiger partial charge in [0.25, 0.3) is 0 Å². The summed E-state index contributed by atoms with van der Waals surface area (Å²) in [6, 6.07) is 17.8. The lowest BCUT2D eigenvalue weighted by Gasteiger charge is -2.40. The molecule has 59 heavy (non-hydrogen) atoms. The molecule has 3 heterocycles. The van der Waals surface area contributed by atoms with Gasteiger partial charge in [0.1, 0.15) is 5.75 Å². The van der Waals surface area contributed by atoms with E-state index in [-0.39, 0.29) is 49.0 Å². The van der Waals surface area contributed by atoms with Gasteiger partial charge in [-0.15, -0.1) is 50.4 Å². The number of methoxy groups -OCH3 is 6. The number of ether oxygens (including phenoxy) is 7. The van der Waals surface area contributed by atoms with Gasteiger partial charge < -0.3 is 38.1 Å². The minimum atomic E-state index is -4.78. The van der Waals surface area contributed by atoms with Gasteiger partial charge in [0.15, 0.2) is 23.0 Å². The predicted octanol–water partition coefficient (Wildman–Crippen LogP) is 9.70. The molecule has 1 fully saturated rings. The third-order valence-electron chi connectivity index (χ3n) is 9.74. The summed E-state index contributed by atoms with van der Waals surface area (Å²) < 4.78 is 76.4. The van der Waals surface area contributed by atoms with Gasteiger partial charge in [-0.2, -0.15) is 0 Å². The summed E-state index contributed by atoms with van der Waals surface area (Å²) >= 11 is 0. The summed E-state index contributed by atoms with van der Waals surface area (Å²) in [6.07, 6.45) is 4.11. The Hall–Kier alpha value is -5.02. The minimum Gasteiger partial charge on any atom is -0.493 e. The Morgan fingerprint density at radius 2 is 1.03 bits per heavy atom. The molecule has 0 unspecified atom stereocenters. The summed E-state index contributed by atoms with van der Waals surface area (Å²) in [7, 11) is 9.43. The number of benzene rings is 3. The minimum absolute atomic E-state index is 0. The van der Waals surface area contributed by atoms with Gasteiger partial charge in [-0.1, -0.05) is 0 Å². The van der Waals surface area contributed by atoms with Gasteiger partial charge in [-0.05, 0) is 95.8 Å². The number of hydrogen-bond donors (Lipinski definition) is 0. The van der Waals surface area contributed by atoms with E-state index in [0.29, 0.717) is 47.6 Å². The third kappa shape index (κ3) is 11.8. The maximum atomic E-state index is 13.0. The van der Waals surface area contributed by atoms with Gasteiger partial charge in [0, 0.05) is 73.8 Å². The summed E-state index contributed by atoms with van der Waals surface area (Å²) in [5.74, 6) is 2.89. The van der Waals surface area contributed by atoms with Crippen LogP contribution in [-0.2, 0) is 13.1 Å². The first-order chi connectivity index (χ1) is 27.1. The standard InChI is InChI=1S/C42H45F3N4O7.3ClH/c1-50-36-17-29(18-37(51-2)40(36)54-5)31-15-27(21-46-23-31)25-48-13-11-34(12-14-48)49(33-7-9-35(10-8-33)56-42(43,44)45)26-28-16-32(24-47-22-28)30-19-38(52-3)41(55-6)39(20-30)53-4;;;/h7-10,15-24,34H,11-14,25-26H2,1-6H3;3*1H. The number of pyridine rings is 2. The van der Waals surface area contributed by atoms with Gasteiger partial charge in [-0.3, -0.25) is 14.9 Å². The van der Waals surface area contributed by atoms with Crippen molar-refractivity contribution in [3.8, 4) is 62.5 Å². The summed E-state index contributed by atoms with van der Waals surface area (Å²) in [4.78, 5) is 13.7. The van der Waals surface area contributed by atoms with Crippen LogP contribution in [0.3, 0.4) is 0 Å². The Balaban J connectivity index is 0.00000310. The highest BCUT2D eigenvalue weighted by molar-refractivity contribution is 5.86. The van der Waals surface area contributed by atoms with E-state index in [1.165, 1.54) is 12.1 Å². The van der Waals surface area contributed by atoms with E-state index in [9.17, 15) is 13.2 Å². The zero-order valence-corrected chi connectivity index (χ0v) is 35.9. The molecule has 0 aliphatic carbocycles. The number of aromatic nitrogens is 2. The molecular weight excluding hydrogens is 836 g/mol. The molecule has 2 aromatic heterocycles. The van der Waals surface area contributed by atoms with Crippen molar-refractivity contribution in [3.05, 3.63) is 96.6 Å². The molecule has 0 amide bonds. The highest BCUT2D eigenvalue weighted by atomic mass is 35.5. The van der Waals surface area contributed by atoms with Crippen LogP contribution in [0.1, 0.15) is 24.0 Å². The summed E-state index contributed by atoms with van der Waals surface area (Å²) in [6.45, 7) is 2.77. The lowest BCUT2D eigenvalue weighted by molar-refractivity contribution is -0.274. The normalized spacial score (nSPS) is 12.8. The van der Waals surface area contributed by atoms with E-state index in [2.05, 4.69) is 30.6 Å². The Bertz CT molecular complexity index is 2060. The maximum Gasteiger partial charge on any atom is 0.573 e. The molecule has 17 heteroatoms. The average molecular weight is 884 g/mol. The number of piperidine rings is 1. The van der Waals surface area contributed by atoms with E-state index >= 15 is 0 Å². The average Bonchev–Trinajstić information content (AvgIpc) is 3.22. The van der Waals surface area contributed by atoms with E-state index in [1.807, 2.05) is 42.7 Å². The number of anilines is 1. The molecule has 1 aliphatic heterocycles. The van der Waals surface area contributed by atoms with Crippen LogP contribution in [0.4, 0.5) is 18.9 Å². The fourth-order valence-electron chi connectivity index (χ4n) is 7.07. The fraction of sp³-hybridized carbons (Fsp3) is 0.333. The van der Waals surface area contributed by atoms with Crippen LogP contribution in [-0.4, -0.2) is 83.0 Å². The Morgan fingerprint density at radius 3 is 1.46 bits per heavy atom. The quantitative estimate of drug-likeness (QED) is 0.101. The van der Waals surface area contributed by atoms with E-state index in [4.69, 9.17) is 28.4 Å². The highest BCUT2D eigenvalue weighted by Gasteiger charge is 2.31. The predicted molar refractivity (Wildman–Crippen MR) is 228 cm³/mol. The molecule has 11 nitrogen and oxygen atoms in total. The second kappa shape index (κ2) is 21.8. The van der Waals surface area contributed by atoms with Crippen LogP contribution in [0.2, 0.25) is 0 Å². The topological polar surface area (TPSA) is 96.9 Å². The van der Waals surface area contributed by atoms with Crippen molar-refractivity contribution in [1.82, 2.24) is 14.9 Å². The first-order valence-corrected chi connectivity index (χ1v) is 17.9. The molecule has 5 aromatic rings. The molecule has 6 rings (SSSR count). The third-order valence-corrected chi connectivity index (χ3v) is 9.74. The zero-order chi connectivity index (χ0) is 39.8. The molecule has 0 saturated carbocycles. The number of nitrogens with zero attached hydrogens (tertiary/aromatic N) is 4. The summed E-state index contributed by atoms with van der Waals surface area (Å²) in [5.41, 5.74) is 6.23. The van der Waals surface area contributed by atoms with Crippen LogP contribution in [0.25, 0.3) is 22.3 Å². The molecule has 0 spiro atoms. The molecule has 0 bridgehead atoms. The van der Waals surface area contributed by atoms with Gasteiger partial charge in [0.2, 0.25) is 11.5 Å². The molecule has 1 saturated heterocycles. The number of rotatable bonds is 15. The largest absolute Gasteiger partial charge is 0.573 e. The molecule has 0 atom stereocenters. The van der Waals surface area contributed by atoms with Crippen molar-refractivity contribution < 1.29 is 46.3 Å². The highest BCUT2D eigenvalue weighted by Crippen LogP contribution is 2.43. The van der Waals surface area contributed by atoms with Crippen LogP contribution < -0.4 is 38.1 Å². The second-order valence-corrected chi connectivity index (χ2v) is 13.2. The van der Waals surface area contributed by atoms with Crippen molar-refractivity contribution in [2.75, 3.05) is 60.6 Å². The summed E-state index contributed by atoms with van der Waals surface area (Å²) in [5, 5.41) is 0. The van der Waals surface area contributed by atoms with E-state index in [1.54, 1.807) is 67.2 Å². The smallest absolute Gasteiger partial charge is 0.493 e. The van der Waals surface area contributed by atoms with Crippen LogP contribution in [0.15, 0.2) is 85.5 Å². The van der Waals surface area contributed by atoms with Gasteiger partial charge in [0.05, 0.1) is 42.7 Å². The lowest BCUT2D eigenvalue weighted by atomic mass is 9.99. The van der Waals surface area contributed by atoms with Crippen LogP contribution >= 0.6 is 37.2 Å². The van der Waals surface area contributed by atoms with Crippen molar-refractivity contribution in [2.24, 2.45) is 0 Å². The molecular formula is C42H48Cl3F3N4O7. The SMILES string of the molecule is COc1cc(-c2cncc(CN3CCC(N(Cc4cncc(-c5cc(OC)c(OC)c(OC)c5)c4)c4ccc(OC(F)(F)F)cc4)CC3)c2)cc(OC)c1OC.Cl.Cl.Cl. The van der Waals surface area contributed by atoms with Crippen LogP contribution in [0, 0.1) is 0 Å². The Labute approximate surface area is 360 Å². The first kappa shape index (κ1) is 48.3. The molecule has 0 radical (unpaired) electrons. The van der Waals surface area contributed by atoms with E-state index in [0.717, 1.165) is 65.0 Å². The van der Waals surface area contributed by atoms with Crippen molar-refractivity contribution in [1.29, 1.82) is 0 Å². The Morgan fingerprint density at radius 1 is 0.593 bits per heavy atom. The molecule has 320 valence electrons. The number of hydrogen-bond acceptors (Lipinski definition) is 11.